The minimum atomic E-state index is -1.42. The highest BCUT2D eigenvalue weighted by atomic mass is 35.5. The van der Waals surface area contributed by atoms with Crippen LogP contribution in [0.5, 0.6) is 5.75 Å². The lowest BCUT2D eigenvalue weighted by Gasteiger charge is -2.44. The SMILES string of the molecule is CC(=O)OC[C@H]1O[C@H](Oc2ccc(-n3ccc4cc(Cl)cnc43)cc2Cl)[C@@H](OC(C)=O)[C@@H](OC(C)=O)[C@@H]1OC(C)=O. The van der Waals surface area contributed by atoms with Crippen LogP contribution in [0.3, 0.4) is 0 Å². The molecule has 5 atom stereocenters. The van der Waals surface area contributed by atoms with Gasteiger partial charge in [0.2, 0.25) is 12.4 Å². The van der Waals surface area contributed by atoms with Crippen molar-refractivity contribution >= 4 is 58.1 Å². The van der Waals surface area contributed by atoms with Gasteiger partial charge < -0.3 is 33.0 Å². The van der Waals surface area contributed by atoms with Crippen molar-refractivity contribution in [2.75, 3.05) is 6.61 Å². The number of hydrogen-bond donors (Lipinski definition) is 0. The van der Waals surface area contributed by atoms with E-state index in [9.17, 15) is 19.2 Å². The predicted octanol–water partition coefficient (Wildman–Crippen LogP) is 3.79. The van der Waals surface area contributed by atoms with Crippen molar-refractivity contribution in [3.8, 4) is 11.4 Å². The number of hydrogen-bond acceptors (Lipinski definition) is 11. The molecular weight excluding hydrogens is 583 g/mol. The summed E-state index contributed by atoms with van der Waals surface area (Å²) in [6, 6.07) is 8.53. The number of esters is 4. The van der Waals surface area contributed by atoms with Gasteiger partial charge in [0.05, 0.1) is 10.0 Å². The molecule has 0 saturated carbocycles. The third kappa shape index (κ3) is 7.26. The highest BCUT2D eigenvalue weighted by Crippen LogP contribution is 2.35. The molecule has 1 saturated heterocycles. The van der Waals surface area contributed by atoms with E-state index in [-0.39, 0.29) is 17.4 Å². The largest absolute Gasteiger partial charge is 0.463 e. The van der Waals surface area contributed by atoms with Crippen molar-refractivity contribution in [2.45, 2.75) is 58.4 Å². The zero-order valence-electron chi connectivity index (χ0n) is 22.4. The number of pyridine rings is 1. The molecule has 1 aliphatic rings. The number of ether oxygens (including phenoxy) is 6. The molecule has 0 radical (unpaired) electrons. The van der Waals surface area contributed by atoms with Crippen LogP contribution in [0.4, 0.5) is 0 Å². The normalized spacial score (nSPS) is 22.0. The summed E-state index contributed by atoms with van der Waals surface area (Å²) in [4.78, 5) is 51.9. The number of aromatic nitrogens is 2. The fourth-order valence-corrected chi connectivity index (χ4v) is 4.74. The van der Waals surface area contributed by atoms with Gasteiger partial charge in [-0.3, -0.25) is 19.2 Å². The molecule has 0 amide bonds. The van der Waals surface area contributed by atoms with Gasteiger partial charge in [0, 0.05) is 51.2 Å². The van der Waals surface area contributed by atoms with Gasteiger partial charge in [-0.15, -0.1) is 0 Å². The van der Waals surface area contributed by atoms with Gasteiger partial charge in [-0.05, 0) is 30.3 Å². The third-order valence-corrected chi connectivity index (χ3v) is 6.38. The molecule has 12 nitrogen and oxygen atoms in total. The van der Waals surface area contributed by atoms with E-state index in [0.717, 1.165) is 26.2 Å². The van der Waals surface area contributed by atoms with Crippen LogP contribution in [0.25, 0.3) is 16.7 Å². The number of fused-ring (bicyclic) bond motifs is 1. The Kier molecular flexibility index (Phi) is 9.36. The zero-order valence-corrected chi connectivity index (χ0v) is 23.9. The van der Waals surface area contributed by atoms with Crippen molar-refractivity contribution in [1.29, 1.82) is 0 Å². The van der Waals surface area contributed by atoms with Crippen LogP contribution in [0.1, 0.15) is 27.7 Å². The maximum absolute atomic E-state index is 12.0. The highest BCUT2D eigenvalue weighted by molar-refractivity contribution is 6.32. The summed E-state index contributed by atoms with van der Waals surface area (Å²) in [5.74, 6) is -2.75. The molecular formula is C27H26Cl2N2O10. The molecule has 218 valence electrons. The first kappa shape index (κ1) is 30.1. The van der Waals surface area contributed by atoms with Crippen LogP contribution in [0.2, 0.25) is 10.0 Å². The first-order valence-corrected chi connectivity index (χ1v) is 13.1. The topological polar surface area (TPSA) is 141 Å². The molecule has 3 aromatic rings. The smallest absolute Gasteiger partial charge is 0.303 e. The summed E-state index contributed by atoms with van der Waals surface area (Å²) in [7, 11) is 0. The first-order valence-electron chi connectivity index (χ1n) is 12.3. The minimum Gasteiger partial charge on any atom is -0.463 e. The predicted molar refractivity (Wildman–Crippen MR) is 144 cm³/mol. The molecule has 1 fully saturated rings. The Hall–Kier alpha value is -3.87. The highest BCUT2D eigenvalue weighted by Gasteiger charge is 2.53. The number of benzene rings is 1. The summed E-state index contributed by atoms with van der Waals surface area (Å²) in [6.45, 7) is 4.20. The molecule has 41 heavy (non-hydrogen) atoms. The van der Waals surface area contributed by atoms with E-state index >= 15 is 0 Å². The monoisotopic (exact) mass is 608 g/mol. The fraction of sp³-hybridized carbons (Fsp3) is 0.370. The number of rotatable bonds is 8. The van der Waals surface area contributed by atoms with Crippen LogP contribution in [-0.2, 0) is 42.9 Å². The fourth-order valence-electron chi connectivity index (χ4n) is 4.35. The summed E-state index contributed by atoms with van der Waals surface area (Å²) < 4.78 is 35.1. The van der Waals surface area contributed by atoms with E-state index in [0.29, 0.717) is 16.4 Å². The van der Waals surface area contributed by atoms with Crippen molar-refractivity contribution in [3.63, 3.8) is 0 Å². The Morgan fingerprint density at radius 3 is 2.17 bits per heavy atom. The molecule has 0 unspecified atom stereocenters. The summed E-state index contributed by atoms with van der Waals surface area (Å²) in [5.41, 5.74) is 1.31. The van der Waals surface area contributed by atoms with Crippen LogP contribution in [0, 0.1) is 0 Å². The molecule has 1 aromatic carbocycles. The van der Waals surface area contributed by atoms with Crippen molar-refractivity contribution < 1.29 is 47.6 Å². The van der Waals surface area contributed by atoms with Gasteiger partial charge in [-0.2, -0.15) is 0 Å². The number of carbonyl (C=O) groups is 4. The van der Waals surface area contributed by atoms with Gasteiger partial charge in [0.1, 0.15) is 24.1 Å². The first-order chi connectivity index (χ1) is 19.4. The molecule has 2 aromatic heterocycles. The molecule has 0 aliphatic carbocycles. The standard InChI is InChI=1S/C27H26Cl2N2O10/c1-13(32)36-12-22-23(37-14(2)33)24(38-15(3)34)25(39-16(4)35)27(41-22)40-21-6-5-19(10-20(21)29)31-8-7-17-9-18(28)11-30-26(17)31/h5-11,22-25,27H,12H2,1-4H3/t22-,23-,24+,25+,27+/m1/s1. The van der Waals surface area contributed by atoms with Gasteiger partial charge in [-0.1, -0.05) is 23.2 Å². The van der Waals surface area contributed by atoms with Gasteiger partial charge in [0.25, 0.3) is 0 Å². The Labute approximate surface area is 244 Å². The maximum atomic E-state index is 12.0. The third-order valence-electron chi connectivity index (χ3n) is 5.88. The Balaban J connectivity index is 1.68. The molecule has 14 heteroatoms. The zero-order chi connectivity index (χ0) is 29.8. The lowest BCUT2D eigenvalue weighted by atomic mass is 9.98. The van der Waals surface area contributed by atoms with E-state index in [1.54, 1.807) is 35.0 Å². The van der Waals surface area contributed by atoms with Crippen molar-refractivity contribution in [3.05, 3.63) is 52.8 Å². The quantitative estimate of drug-likeness (QED) is 0.272. The average Bonchev–Trinajstić information content (AvgIpc) is 3.29. The van der Waals surface area contributed by atoms with E-state index in [1.165, 1.54) is 13.1 Å². The van der Waals surface area contributed by atoms with Crippen LogP contribution >= 0.6 is 23.2 Å². The number of nitrogens with zero attached hydrogens (tertiary/aromatic N) is 2. The minimum absolute atomic E-state index is 0.129. The van der Waals surface area contributed by atoms with Gasteiger partial charge in [0.15, 0.2) is 12.2 Å². The van der Waals surface area contributed by atoms with E-state index in [1.807, 2.05) is 6.07 Å². The van der Waals surface area contributed by atoms with Crippen LogP contribution in [0.15, 0.2) is 42.7 Å². The van der Waals surface area contributed by atoms with E-state index < -0.39 is 54.6 Å². The van der Waals surface area contributed by atoms with E-state index in [2.05, 4.69) is 4.98 Å². The summed E-state index contributed by atoms with van der Waals surface area (Å²) >= 11 is 12.6. The molecule has 0 N–H and O–H groups in total. The van der Waals surface area contributed by atoms with E-state index in [4.69, 9.17) is 51.6 Å². The maximum Gasteiger partial charge on any atom is 0.303 e. The second-order valence-electron chi connectivity index (χ2n) is 9.05. The van der Waals surface area contributed by atoms with Crippen molar-refractivity contribution in [1.82, 2.24) is 9.55 Å². The van der Waals surface area contributed by atoms with Gasteiger partial charge in [-0.25, -0.2) is 4.98 Å². The lowest BCUT2D eigenvalue weighted by molar-refractivity contribution is -0.288. The lowest BCUT2D eigenvalue weighted by Crippen LogP contribution is -2.63. The second-order valence-corrected chi connectivity index (χ2v) is 9.90. The van der Waals surface area contributed by atoms with Crippen molar-refractivity contribution in [2.24, 2.45) is 0 Å². The Morgan fingerprint density at radius 2 is 1.54 bits per heavy atom. The second kappa shape index (κ2) is 12.8. The molecule has 4 rings (SSSR count). The summed E-state index contributed by atoms with van der Waals surface area (Å²) in [6.07, 6.45) is -3.32. The Morgan fingerprint density at radius 1 is 0.878 bits per heavy atom. The average molecular weight is 609 g/mol. The molecule has 1 aliphatic heterocycles. The van der Waals surface area contributed by atoms with Crippen LogP contribution < -0.4 is 4.74 Å². The molecule has 0 spiro atoms. The number of halogens is 2. The van der Waals surface area contributed by atoms with Gasteiger partial charge >= 0.3 is 23.9 Å². The Bertz CT molecular complexity index is 1480. The molecule has 0 bridgehead atoms. The summed E-state index contributed by atoms with van der Waals surface area (Å²) in [5, 5.41) is 1.49. The van der Waals surface area contributed by atoms with Crippen LogP contribution in [-0.4, -0.2) is 70.7 Å². The number of carbonyl (C=O) groups excluding carboxylic acids is 4. The molecule has 3 heterocycles.